The molecule has 3 heterocycles. The number of hydrogen-bond acceptors (Lipinski definition) is 8. The van der Waals surface area contributed by atoms with Gasteiger partial charge in [0.05, 0.1) is 14.2 Å². The molecule has 1 aliphatic heterocycles. The van der Waals surface area contributed by atoms with E-state index >= 15 is 0 Å². The molecule has 1 fully saturated rings. The predicted octanol–water partition coefficient (Wildman–Crippen LogP) is 3.96. The Morgan fingerprint density at radius 3 is 2.45 bits per heavy atom. The number of nitrogens with one attached hydrogen (secondary N) is 1. The van der Waals surface area contributed by atoms with Crippen LogP contribution in [0, 0.1) is 0 Å². The second-order valence-corrected chi connectivity index (χ2v) is 7.91. The van der Waals surface area contributed by atoms with Gasteiger partial charge in [-0.15, -0.1) is 24.5 Å². The van der Waals surface area contributed by atoms with Gasteiger partial charge in [-0.3, -0.25) is 5.32 Å². The van der Waals surface area contributed by atoms with Crippen LogP contribution in [0.25, 0.3) is 10.3 Å². The van der Waals surface area contributed by atoms with Crippen molar-refractivity contribution in [2.24, 2.45) is 0 Å². The molecule has 0 aliphatic carbocycles. The van der Waals surface area contributed by atoms with Gasteiger partial charge in [-0.2, -0.15) is 0 Å². The summed E-state index contributed by atoms with van der Waals surface area (Å²) < 4.78 is 52.3. The van der Waals surface area contributed by atoms with Crippen molar-refractivity contribution in [3.8, 4) is 17.4 Å². The summed E-state index contributed by atoms with van der Waals surface area (Å²) in [6.45, 7) is 1.49. The van der Waals surface area contributed by atoms with Crippen molar-refractivity contribution in [3.63, 3.8) is 0 Å². The third kappa shape index (κ3) is 5.30. The number of halogens is 3. The average Bonchev–Trinajstić information content (AvgIpc) is 3.24. The first-order chi connectivity index (χ1) is 15.8. The quantitative estimate of drug-likeness (QED) is 0.588. The van der Waals surface area contributed by atoms with Gasteiger partial charge in [-0.1, -0.05) is 0 Å². The number of alkyl halides is 3. The van der Waals surface area contributed by atoms with Gasteiger partial charge in [0.2, 0.25) is 0 Å². The summed E-state index contributed by atoms with van der Waals surface area (Å²) in [6, 6.07) is 5.52. The number of benzene rings is 1. The first-order valence-corrected chi connectivity index (χ1v) is 10.7. The number of rotatable bonds is 5. The SMILES string of the molecule is COc1cc(OC(F)(F)F)cc(N2CCN(C(=O)Nc3nc4sccc4nc3OC)CC2)c1. The van der Waals surface area contributed by atoms with Gasteiger partial charge >= 0.3 is 12.4 Å². The van der Waals surface area contributed by atoms with Crippen LogP contribution in [0.5, 0.6) is 17.4 Å². The number of carbonyl (C=O) groups excluding carboxylic acids is 1. The monoisotopic (exact) mass is 483 g/mol. The number of ether oxygens (including phenoxy) is 3. The number of piperazine rings is 1. The van der Waals surface area contributed by atoms with Crippen molar-refractivity contribution in [1.29, 1.82) is 0 Å². The molecule has 1 aromatic carbocycles. The molecule has 2 aromatic heterocycles. The summed E-state index contributed by atoms with van der Waals surface area (Å²) >= 11 is 1.40. The van der Waals surface area contributed by atoms with Crippen LogP contribution in [0.2, 0.25) is 0 Å². The van der Waals surface area contributed by atoms with Gasteiger partial charge in [0.1, 0.15) is 21.8 Å². The van der Waals surface area contributed by atoms with E-state index in [0.29, 0.717) is 42.2 Å². The summed E-state index contributed by atoms with van der Waals surface area (Å²) in [6.07, 6.45) is -4.81. The molecule has 1 aliphatic rings. The standard InChI is InChI=1S/C20H20F3N5O4S/c1-30-13-9-12(10-14(11-13)32-20(21,22)23)27-4-6-28(7-5-27)19(29)26-16-17(31-2)24-15-3-8-33-18(15)25-16/h3,8-11H,4-7H2,1-2H3,(H,25,26,29). The van der Waals surface area contributed by atoms with E-state index < -0.39 is 6.36 Å². The summed E-state index contributed by atoms with van der Waals surface area (Å²) in [5.74, 6) is 0.302. The molecule has 3 aromatic rings. The Bertz CT molecular complexity index is 1150. The normalized spacial score (nSPS) is 14.3. The van der Waals surface area contributed by atoms with Gasteiger partial charge in [0, 0.05) is 50.1 Å². The Balaban J connectivity index is 1.43. The van der Waals surface area contributed by atoms with Gasteiger partial charge < -0.3 is 24.0 Å². The maximum absolute atomic E-state index is 12.8. The fourth-order valence-corrected chi connectivity index (χ4v) is 4.10. The van der Waals surface area contributed by atoms with Crippen molar-refractivity contribution in [2.45, 2.75) is 6.36 Å². The van der Waals surface area contributed by atoms with E-state index in [1.165, 1.54) is 37.7 Å². The molecule has 0 radical (unpaired) electrons. The highest BCUT2D eigenvalue weighted by Gasteiger charge is 2.32. The largest absolute Gasteiger partial charge is 0.573 e. The Morgan fingerprint density at radius 2 is 1.79 bits per heavy atom. The Kier molecular flexibility index (Phi) is 6.31. The van der Waals surface area contributed by atoms with E-state index in [4.69, 9.17) is 9.47 Å². The Morgan fingerprint density at radius 1 is 1.06 bits per heavy atom. The molecule has 0 atom stereocenters. The fourth-order valence-electron chi connectivity index (χ4n) is 3.40. The van der Waals surface area contributed by atoms with Crippen LogP contribution < -0.4 is 24.4 Å². The Hall–Kier alpha value is -3.48. The molecule has 1 N–H and O–H groups in total. The number of nitrogens with zero attached hydrogens (tertiary/aromatic N) is 4. The summed E-state index contributed by atoms with van der Waals surface area (Å²) in [5.41, 5.74) is 1.18. The van der Waals surface area contributed by atoms with Crippen molar-refractivity contribution >= 4 is 39.2 Å². The van der Waals surface area contributed by atoms with Crippen LogP contribution >= 0.6 is 11.3 Å². The number of thiophene rings is 1. The minimum atomic E-state index is -4.81. The van der Waals surface area contributed by atoms with E-state index in [-0.39, 0.29) is 29.2 Å². The van der Waals surface area contributed by atoms with Gasteiger partial charge in [-0.05, 0) is 11.4 Å². The molecule has 4 rings (SSSR count). The highest BCUT2D eigenvalue weighted by molar-refractivity contribution is 7.16. The van der Waals surface area contributed by atoms with Crippen LogP contribution in [0.3, 0.4) is 0 Å². The number of amides is 2. The van der Waals surface area contributed by atoms with E-state index in [1.54, 1.807) is 11.0 Å². The highest BCUT2D eigenvalue weighted by atomic mass is 32.1. The first-order valence-electron chi connectivity index (χ1n) is 9.80. The molecule has 9 nitrogen and oxygen atoms in total. The second-order valence-electron chi connectivity index (χ2n) is 7.01. The zero-order valence-corrected chi connectivity index (χ0v) is 18.5. The molecule has 0 unspecified atom stereocenters. The molecular formula is C20H20F3N5O4S. The molecule has 0 bridgehead atoms. The van der Waals surface area contributed by atoms with E-state index in [9.17, 15) is 18.0 Å². The lowest BCUT2D eigenvalue weighted by atomic mass is 10.2. The molecule has 33 heavy (non-hydrogen) atoms. The number of urea groups is 1. The van der Waals surface area contributed by atoms with Crippen molar-refractivity contribution in [2.75, 3.05) is 50.6 Å². The van der Waals surface area contributed by atoms with Gasteiger partial charge in [-0.25, -0.2) is 14.8 Å². The molecule has 0 saturated carbocycles. The van der Waals surface area contributed by atoms with Crippen LogP contribution in [-0.2, 0) is 0 Å². The third-order valence-electron chi connectivity index (χ3n) is 4.95. The lowest BCUT2D eigenvalue weighted by Gasteiger charge is -2.36. The number of aromatic nitrogens is 2. The minimum Gasteiger partial charge on any atom is -0.497 e. The summed E-state index contributed by atoms with van der Waals surface area (Å²) in [5, 5.41) is 4.58. The summed E-state index contributed by atoms with van der Waals surface area (Å²) in [7, 11) is 2.81. The van der Waals surface area contributed by atoms with E-state index in [0.717, 1.165) is 0 Å². The van der Waals surface area contributed by atoms with Crippen LogP contribution in [-0.4, -0.2) is 67.7 Å². The fraction of sp³-hybridized carbons (Fsp3) is 0.350. The average molecular weight is 483 g/mol. The number of methoxy groups -OCH3 is 2. The molecule has 2 amide bonds. The molecule has 176 valence electrons. The van der Waals surface area contributed by atoms with Crippen molar-refractivity contribution in [3.05, 3.63) is 29.6 Å². The highest BCUT2D eigenvalue weighted by Crippen LogP contribution is 2.32. The molecule has 13 heteroatoms. The summed E-state index contributed by atoms with van der Waals surface area (Å²) in [4.78, 5) is 25.6. The molecular weight excluding hydrogens is 463 g/mol. The molecule has 0 spiro atoms. The zero-order valence-electron chi connectivity index (χ0n) is 17.7. The van der Waals surface area contributed by atoms with Crippen LogP contribution in [0.15, 0.2) is 29.6 Å². The molecule has 1 saturated heterocycles. The maximum Gasteiger partial charge on any atom is 0.573 e. The third-order valence-corrected chi connectivity index (χ3v) is 5.74. The Labute approximate surface area is 190 Å². The topological polar surface area (TPSA) is 89.1 Å². The van der Waals surface area contributed by atoms with E-state index in [1.807, 2.05) is 16.3 Å². The first kappa shape index (κ1) is 22.7. The van der Waals surface area contributed by atoms with E-state index in [2.05, 4.69) is 20.0 Å². The number of anilines is 2. The lowest BCUT2D eigenvalue weighted by Crippen LogP contribution is -2.50. The lowest BCUT2D eigenvalue weighted by molar-refractivity contribution is -0.274. The second kappa shape index (κ2) is 9.17. The predicted molar refractivity (Wildman–Crippen MR) is 116 cm³/mol. The number of hydrogen-bond donors (Lipinski definition) is 1. The smallest absolute Gasteiger partial charge is 0.497 e. The van der Waals surface area contributed by atoms with Crippen LogP contribution in [0.1, 0.15) is 0 Å². The number of carbonyl (C=O) groups is 1. The van der Waals surface area contributed by atoms with Crippen LogP contribution in [0.4, 0.5) is 29.5 Å². The minimum absolute atomic E-state index is 0.210. The van der Waals surface area contributed by atoms with Gasteiger partial charge in [0.25, 0.3) is 5.88 Å². The van der Waals surface area contributed by atoms with Crippen molar-refractivity contribution < 1.29 is 32.2 Å². The maximum atomic E-state index is 12.8. The number of fused-ring (bicyclic) bond motifs is 1. The van der Waals surface area contributed by atoms with Crippen molar-refractivity contribution in [1.82, 2.24) is 14.9 Å². The van der Waals surface area contributed by atoms with Gasteiger partial charge in [0.15, 0.2) is 5.82 Å². The zero-order chi connectivity index (χ0) is 23.6.